The number of rotatable bonds is 6. The van der Waals surface area contributed by atoms with Crippen LogP contribution in [0.3, 0.4) is 0 Å². The molecule has 34 heavy (non-hydrogen) atoms. The van der Waals surface area contributed by atoms with E-state index in [1.165, 1.54) is 43.3 Å². The molecule has 2 heteroatoms. The SMILES string of the molecule is c1ccc([C@H](c2c[nH]c3ccccc23)[C@@H](Sc2ccc3ccccc3c2)c2ccccc2)cc1. The number of thioether (sulfide) groups is 1. The van der Waals surface area contributed by atoms with Crippen LogP contribution in [0, 0.1) is 0 Å². The molecule has 1 heterocycles. The molecule has 1 N–H and O–H groups in total. The number of aromatic nitrogens is 1. The summed E-state index contributed by atoms with van der Waals surface area (Å²) in [7, 11) is 0. The van der Waals surface area contributed by atoms with Crippen molar-refractivity contribution < 1.29 is 0 Å². The summed E-state index contributed by atoms with van der Waals surface area (Å²) in [6.07, 6.45) is 2.21. The quantitative estimate of drug-likeness (QED) is 0.248. The first kappa shape index (κ1) is 20.8. The Balaban J connectivity index is 1.53. The molecule has 1 nitrogen and oxygen atoms in total. The van der Waals surface area contributed by atoms with Crippen LogP contribution in [-0.4, -0.2) is 4.98 Å². The summed E-state index contributed by atoms with van der Waals surface area (Å²) >= 11 is 1.95. The zero-order valence-corrected chi connectivity index (χ0v) is 19.6. The molecule has 0 saturated carbocycles. The van der Waals surface area contributed by atoms with Crippen molar-refractivity contribution in [2.75, 3.05) is 0 Å². The van der Waals surface area contributed by atoms with E-state index < -0.39 is 0 Å². The van der Waals surface area contributed by atoms with E-state index in [0.29, 0.717) is 0 Å². The average Bonchev–Trinajstić information content (AvgIpc) is 3.33. The van der Waals surface area contributed by atoms with Gasteiger partial charge in [-0.3, -0.25) is 0 Å². The summed E-state index contributed by atoms with van der Waals surface area (Å²) in [5.41, 5.74) is 5.18. The molecule has 0 bridgehead atoms. The van der Waals surface area contributed by atoms with Crippen molar-refractivity contribution in [3.05, 3.63) is 150 Å². The van der Waals surface area contributed by atoms with Crippen LogP contribution >= 0.6 is 11.8 Å². The molecule has 6 rings (SSSR count). The average molecular weight is 456 g/mol. The molecule has 5 aromatic carbocycles. The Morgan fingerprint density at radius 3 is 2.00 bits per heavy atom. The van der Waals surface area contributed by atoms with Crippen LogP contribution in [0.5, 0.6) is 0 Å². The van der Waals surface area contributed by atoms with Crippen LogP contribution in [0.1, 0.15) is 27.9 Å². The number of aromatic amines is 1. The van der Waals surface area contributed by atoms with E-state index in [2.05, 4.69) is 139 Å². The molecule has 0 aliphatic rings. The number of hydrogen-bond donors (Lipinski definition) is 1. The van der Waals surface area contributed by atoms with Crippen molar-refractivity contribution in [3.63, 3.8) is 0 Å². The third-order valence-electron chi connectivity index (χ3n) is 6.53. The second-order valence-electron chi connectivity index (χ2n) is 8.64. The van der Waals surface area contributed by atoms with Gasteiger partial charge in [0.05, 0.1) is 0 Å². The summed E-state index contributed by atoms with van der Waals surface area (Å²) in [6, 6.07) is 45.9. The first-order chi connectivity index (χ1) is 16.9. The normalized spacial score (nSPS) is 13.2. The highest BCUT2D eigenvalue weighted by Crippen LogP contribution is 2.50. The van der Waals surface area contributed by atoms with Gasteiger partial charge in [0, 0.05) is 33.2 Å². The van der Waals surface area contributed by atoms with Gasteiger partial charge in [0.25, 0.3) is 0 Å². The van der Waals surface area contributed by atoms with Gasteiger partial charge in [-0.2, -0.15) is 0 Å². The Morgan fingerprint density at radius 2 is 1.21 bits per heavy atom. The predicted octanol–water partition coefficient (Wildman–Crippen LogP) is 8.99. The first-order valence-corrected chi connectivity index (χ1v) is 12.6. The van der Waals surface area contributed by atoms with E-state index in [0.717, 1.165) is 0 Å². The standard InChI is InChI=1S/C32H25NS/c1-3-12-24(13-4-1)31(29-22-33-30-18-10-9-17-28(29)30)32(25-14-5-2-6-15-25)34-27-20-19-23-11-7-8-16-26(23)21-27/h1-22,31-33H/t31-,32+/m1/s1. The maximum atomic E-state index is 3.52. The lowest BCUT2D eigenvalue weighted by Gasteiger charge is -2.28. The number of nitrogens with one attached hydrogen (secondary N) is 1. The van der Waals surface area contributed by atoms with Crippen LogP contribution in [0.2, 0.25) is 0 Å². The first-order valence-electron chi connectivity index (χ1n) is 11.7. The molecule has 1 aromatic heterocycles. The van der Waals surface area contributed by atoms with Gasteiger partial charge in [0.15, 0.2) is 0 Å². The van der Waals surface area contributed by atoms with E-state index in [-0.39, 0.29) is 11.2 Å². The fourth-order valence-electron chi connectivity index (χ4n) is 4.89. The van der Waals surface area contributed by atoms with Gasteiger partial charge < -0.3 is 4.98 Å². The molecular formula is C32H25NS. The van der Waals surface area contributed by atoms with Crippen molar-refractivity contribution >= 4 is 33.4 Å². The number of fused-ring (bicyclic) bond motifs is 2. The van der Waals surface area contributed by atoms with Gasteiger partial charge in [-0.15, -0.1) is 11.8 Å². The molecule has 164 valence electrons. The molecule has 6 aromatic rings. The topological polar surface area (TPSA) is 15.8 Å². The summed E-state index contributed by atoms with van der Waals surface area (Å²) in [5, 5.41) is 4.06. The van der Waals surface area contributed by atoms with E-state index in [9.17, 15) is 0 Å². The fraction of sp³-hybridized carbons (Fsp3) is 0.0625. The highest BCUT2D eigenvalue weighted by molar-refractivity contribution is 7.99. The molecular weight excluding hydrogens is 430 g/mol. The number of para-hydroxylation sites is 1. The largest absolute Gasteiger partial charge is 0.361 e. The van der Waals surface area contributed by atoms with E-state index >= 15 is 0 Å². The highest BCUT2D eigenvalue weighted by Gasteiger charge is 2.29. The van der Waals surface area contributed by atoms with Gasteiger partial charge in [0.2, 0.25) is 0 Å². The zero-order valence-electron chi connectivity index (χ0n) is 18.8. The van der Waals surface area contributed by atoms with Crippen molar-refractivity contribution in [1.82, 2.24) is 4.98 Å². The van der Waals surface area contributed by atoms with Crippen molar-refractivity contribution in [3.8, 4) is 0 Å². The molecule has 0 aliphatic carbocycles. The molecule has 0 unspecified atom stereocenters. The smallest absolute Gasteiger partial charge is 0.0457 e. The van der Waals surface area contributed by atoms with E-state index in [1.54, 1.807) is 0 Å². The molecule has 0 radical (unpaired) electrons. The fourth-order valence-corrected chi connectivity index (χ4v) is 6.26. The van der Waals surface area contributed by atoms with Gasteiger partial charge in [-0.05, 0) is 45.7 Å². The molecule has 0 fully saturated rings. The van der Waals surface area contributed by atoms with Crippen molar-refractivity contribution in [2.24, 2.45) is 0 Å². The lowest BCUT2D eigenvalue weighted by atomic mass is 9.85. The van der Waals surface area contributed by atoms with E-state index in [1.807, 2.05) is 11.8 Å². The molecule has 2 atom stereocenters. The maximum absolute atomic E-state index is 3.52. The minimum atomic E-state index is 0.191. The molecule has 0 saturated heterocycles. The molecule has 0 amide bonds. The van der Waals surface area contributed by atoms with Crippen LogP contribution < -0.4 is 0 Å². The maximum Gasteiger partial charge on any atom is 0.0457 e. The summed E-state index contributed by atoms with van der Waals surface area (Å²) in [6.45, 7) is 0. The lowest BCUT2D eigenvalue weighted by molar-refractivity contribution is 0.791. The number of H-pyrrole nitrogens is 1. The Kier molecular flexibility index (Phi) is 5.66. The monoisotopic (exact) mass is 455 g/mol. The Morgan fingerprint density at radius 1 is 0.559 bits per heavy atom. The third-order valence-corrected chi connectivity index (χ3v) is 7.85. The van der Waals surface area contributed by atoms with Crippen molar-refractivity contribution in [2.45, 2.75) is 16.1 Å². The zero-order chi connectivity index (χ0) is 22.7. The highest BCUT2D eigenvalue weighted by atomic mass is 32.2. The molecule has 0 spiro atoms. The second kappa shape index (κ2) is 9.24. The van der Waals surface area contributed by atoms with Crippen LogP contribution in [-0.2, 0) is 0 Å². The summed E-state index contributed by atoms with van der Waals surface area (Å²) < 4.78 is 0. The Hall–Kier alpha value is -3.75. The van der Waals surface area contributed by atoms with E-state index in [4.69, 9.17) is 0 Å². The summed E-state index contributed by atoms with van der Waals surface area (Å²) in [4.78, 5) is 4.81. The molecule has 0 aliphatic heterocycles. The summed E-state index contributed by atoms with van der Waals surface area (Å²) in [5.74, 6) is 0.191. The Labute approximate surface area is 204 Å². The van der Waals surface area contributed by atoms with Gasteiger partial charge in [-0.25, -0.2) is 0 Å². The third kappa shape index (κ3) is 4.02. The van der Waals surface area contributed by atoms with Gasteiger partial charge >= 0.3 is 0 Å². The van der Waals surface area contributed by atoms with Crippen molar-refractivity contribution in [1.29, 1.82) is 0 Å². The van der Waals surface area contributed by atoms with Crippen LogP contribution in [0.25, 0.3) is 21.7 Å². The van der Waals surface area contributed by atoms with Crippen LogP contribution in [0.15, 0.2) is 138 Å². The second-order valence-corrected chi connectivity index (χ2v) is 9.85. The lowest BCUT2D eigenvalue weighted by Crippen LogP contribution is -2.10. The van der Waals surface area contributed by atoms with Gasteiger partial charge in [0.1, 0.15) is 0 Å². The minimum Gasteiger partial charge on any atom is -0.361 e. The Bertz CT molecular complexity index is 1540. The van der Waals surface area contributed by atoms with Crippen LogP contribution in [0.4, 0.5) is 0 Å². The number of hydrogen-bond acceptors (Lipinski definition) is 1. The van der Waals surface area contributed by atoms with Gasteiger partial charge in [-0.1, -0.05) is 109 Å². The predicted molar refractivity (Wildman–Crippen MR) is 146 cm³/mol. The minimum absolute atomic E-state index is 0.191. The number of benzene rings is 5.